The number of nitrogens with one attached hydrogen (secondary N) is 1. The molecule has 0 aliphatic carbocycles. The summed E-state index contributed by atoms with van der Waals surface area (Å²) in [6, 6.07) is 0.135. The second kappa shape index (κ2) is 7.09. The maximum atomic E-state index is 11.9. The smallest absolute Gasteiger partial charge is 0.261 e. The lowest BCUT2D eigenvalue weighted by Gasteiger charge is -2.23. The average molecular weight is 223 g/mol. The minimum absolute atomic E-state index is 0.135. The Labute approximate surface area is 89.1 Å². The van der Waals surface area contributed by atoms with Gasteiger partial charge in [-0.3, -0.25) is 0 Å². The van der Waals surface area contributed by atoms with E-state index in [4.69, 9.17) is 9.47 Å². The second-order valence-electron chi connectivity index (χ2n) is 3.72. The molecule has 15 heavy (non-hydrogen) atoms. The Kier molecular flexibility index (Phi) is 6.05. The summed E-state index contributed by atoms with van der Waals surface area (Å²) in [4.78, 5) is 0. The first kappa shape index (κ1) is 12.8. The molecule has 2 atom stereocenters. The van der Waals surface area contributed by atoms with E-state index >= 15 is 0 Å². The molecule has 3 nitrogen and oxygen atoms in total. The predicted octanol–water partition coefficient (Wildman–Crippen LogP) is 1.28. The molecule has 0 aromatic carbocycles. The molecule has 2 unspecified atom stereocenters. The van der Waals surface area contributed by atoms with Crippen molar-refractivity contribution in [3.05, 3.63) is 0 Å². The van der Waals surface area contributed by atoms with Crippen LogP contribution in [0.5, 0.6) is 0 Å². The molecule has 0 aromatic heterocycles. The molecular formula is C10H19F2NO2. The van der Waals surface area contributed by atoms with Crippen LogP contribution in [0.3, 0.4) is 0 Å². The van der Waals surface area contributed by atoms with Gasteiger partial charge in [-0.05, 0) is 13.0 Å². The van der Waals surface area contributed by atoms with Gasteiger partial charge < -0.3 is 14.8 Å². The van der Waals surface area contributed by atoms with Gasteiger partial charge in [-0.25, -0.2) is 8.78 Å². The first-order chi connectivity index (χ1) is 7.24. The van der Waals surface area contributed by atoms with E-state index in [1.165, 1.54) is 0 Å². The van der Waals surface area contributed by atoms with E-state index in [1.54, 1.807) is 0 Å². The summed E-state index contributed by atoms with van der Waals surface area (Å²) in [5.74, 6) is 0.391. The molecule has 0 spiro atoms. The van der Waals surface area contributed by atoms with Crippen molar-refractivity contribution in [2.45, 2.75) is 25.8 Å². The SMILES string of the molecule is CCNC(COCC(F)F)C1CCOC1. The van der Waals surface area contributed by atoms with Gasteiger partial charge in [-0.15, -0.1) is 0 Å². The predicted molar refractivity (Wildman–Crippen MR) is 53.2 cm³/mol. The normalized spacial score (nSPS) is 23.6. The summed E-state index contributed by atoms with van der Waals surface area (Å²) in [6.07, 6.45) is -1.40. The third-order valence-corrected chi connectivity index (χ3v) is 2.54. The molecule has 1 N–H and O–H groups in total. The van der Waals surface area contributed by atoms with Crippen LogP contribution in [-0.2, 0) is 9.47 Å². The van der Waals surface area contributed by atoms with Crippen LogP contribution in [-0.4, -0.2) is 45.4 Å². The highest BCUT2D eigenvalue weighted by Crippen LogP contribution is 2.17. The van der Waals surface area contributed by atoms with Crippen LogP contribution in [0.25, 0.3) is 0 Å². The summed E-state index contributed by atoms with van der Waals surface area (Å²) in [5, 5.41) is 3.25. The lowest BCUT2D eigenvalue weighted by molar-refractivity contribution is 0.00293. The molecule has 1 aliphatic heterocycles. The van der Waals surface area contributed by atoms with Crippen LogP contribution < -0.4 is 5.32 Å². The molecule has 1 heterocycles. The molecule has 0 aromatic rings. The Hall–Kier alpha value is -0.260. The Morgan fingerprint density at radius 1 is 1.47 bits per heavy atom. The van der Waals surface area contributed by atoms with Crippen molar-refractivity contribution < 1.29 is 18.3 Å². The van der Waals surface area contributed by atoms with Gasteiger partial charge in [0.15, 0.2) is 0 Å². The quantitative estimate of drug-likeness (QED) is 0.705. The number of halogens is 2. The lowest BCUT2D eigenvalue weighted by Crippen LogP contribution is -2.40. The van der Waals surface area contributed by atoms with Crippen molar-refractivity contribution in [3.63, 3.8) is 0 Å². The summed E-state index contributed by atoms with van der Waals surface area (Å²) < 4.78 is 34.0. The van der Waals surface area contributed by atoms with E-state index in [9.17, 15) is 8.78 Å². The molecule has 0 amide bonds. The topological polar surface area (TPSA) is 30.5 Å². The Morgan fingerprint density at radius 2 is 2.27 bits per heavy atom. The fourth-order valence-corrected chi connectivity index (χ4v) is 1.78. The second-order valence-corrected chi connectivity index (χ2v) is 3.72. The molecule has 0 saturated carbocycles. The van der Waals surface area contributed by atoms with Crippen molar-refractivity contribution in [1.82, 2.24) is 5.32 Å². The van der Waals surface area contributed by atoms with Gasteiger partial charge in [0.05, 0.1) is 13.2 Å². The molecule has 0 radical (unpaired) electrons. The van der Waals surface area contributed by atoms with Gasteiger partial charge in [-0.2, -0.15) is 0 Å². The fourth-order valence-electron chi connectivity index (χ4n) is 1.78. The molecule has 5 heteroatoms. The van der Waals surface area contributed by atoms with Gasteiger partial charge in [0, 0.05) is 18.6 Å². The summed E-state index contributed by atoms with van der Waals surface area (Å²) >= 11 is 0. The van der Waals surface area contributed by atoms with Crippen molar-refractivity contribution in [2.75, 3.05) is 33.0 Å². The zero-order valence-electron chi connectivity index (χ0n) is 9.05. The number of hydrogen-bond acceptors (Lipinski definition) is 3. The van der Waals surface area contributed by atoms with Crippen molar-refractivity contribution >= 4 is 0 Å². The first-order valence-corrected chi connectivity index (χ1v) is 5.41. The van der Waals surface area contributed by atoms with Crippen molar-refractivity contribution in [2.24, 2.45) is 5.92 Å². The zero-order chi connectivity index (χ0) is 11.1. The van der Waals surface area contributed by atoms with E-state index in [0.717, 1.165) is 19.6 Å². The van der Waals surface area contributed by atoms with Gasteiger partial charge in [0.1, 0.15) is 6.61 Å². The third-order valence-electron chi connectivity index (χ3n) is 2.54. The van der Waals surface area contributed by atoms with Crippen LogP contribution >= 0.6 is 0 Å². The third kappa shape index (κ3) is 4.86. The number of likely N-dealkylation sites (N-methyl/N-ethyl adjacent to an activating group) is 1. The van der Waals surface area contributed by atoms with Crippen LogP contribution in [0.4, 0.5) is 8.78 Å². The maximum Gasteiger partial charge on any atom is 0.261 e. The molecule has 1 fully saturated rings. The first-order valence-electron chi connectivity index (χ1n) is 5.41. The van der Waals surface area contributed by atoms with Crippen LogP contribution in [0.1, 0.15) is 13.3 Å². The van der Waals surface area contributed by atoms with E-state index in [1.807, 2.05) is 6.92 Å². The number of alkyl halides is 2. The van der Waals surface area contributed by atoms with Crippen LogP contribution in [0, 0.1) is 5.92 Å². The number of rotatable bonds is 7. The minimum atomic E-state index is -2.38. The van der Waals surface area contributed by atoms with Crippen molar-refractivity contribution in [3.8, 4) is 0 Å². The average Bonchev–Trinajstić information content (AvgIpc) is 2.68. The molecular weight excluding hydrogens is 204 g/mol. The van der Waals surface area contributed by atoms with Gasteiger partial charge in [0.25, 0.3) is 6.43 Å². The Balaban J connectivity index is 2.23. The summed E-state index contributed by atoms with van der Waals surface area (Å²) in [6.45, 7) is 4.15. The molecule has 0 bridgehead atoms. The largest absolute Gasteiger partial charge is 0.381 e. The highest BCUT2D eigenvalue weighted by molar-refractivity contribution is 4.78. The Morgan fingerprint density at radius 3 is 2.80 bits per heavy atom. The molecule has 1 saturated heterocycles. The van der Waals surface area contributed by atoms with Gasteiger partial charge in [-0.1, -0.05) is 6.92 Å². The Bertz CT molecular complexity index is 164. The molecule has 1 rings (SSSR count). The standard InChI is InChI=1S/C10H19F2NO2/c1-2-13-9(6-15-7-10(11)12)8-3-4-14-5-8/h8-10,13H,2-7H2,1H3. The maximum absolute atomic E-state index is 11.9. The lowest BCUT2D eigenvalue weighted by atomic mass is 10.00. The zero-order valence-corrected chi connectivity index (χ0v) is 9.05. The highest BCUT2D eigenvalue weighted by Gasteiger charge is 2.25. The monoisotopic (exact) mass is 223 g/mol. The van der Waals surface area contributed by atoms with E-state index in [2.05, 4.69) is 5.32 Å². The van der Waals surface area contributed by atoms with Crippen LogP contribution in [0.2, 0.25) is 0 Å². The van der Waals surface area contributed by atoms with Gasteiger partial charge in [0.2, 0.25) is 0 Å². The van der Waals surface area contributed by atoms with Crippen LogP contribution in [0.15, 0.2) is 0 Å². The minimum Gasteiger partial charge on any atom is -0.381 e. The number of ether oxygens (including phenoxy) is 2. The summed E-state index contributed by atoms with van der Waals surface area (Å²) in [7, 11) is 0. The van der Waals surface area contributed by atoms with Crippen molar-refractivity contribution in [1.29, 1.82) is 0 Å². The van der Waals surface area contributed by atoms with E-state index in [-0.39, 0.29) is 6.04 Å². The molecule has 1 aliphatic rings. The van der Waals surface area contributed by atoms with E-state index in [0.29, 0.717) is 19.1 Å². The number of hydrogen-bond donors (Lipinski definition) is 1. The highest BCUT2D eigenvalue weighted by atomic mass is 19.3. The molecule has 90 valence electrons. The van der Waals surface area contributed by atoms with E-state index < -0.39 is 13.0 Å². The fraction of sp³-hybridized carbons (Fsp3) is 1.00. The summed E-state index contributed by atoms with van der Waals surface area (Å²) in [5.41, 5.74) is 0. The van der Waals surface area contributed by atoms with Gasteiger partial charge >= 0.3 is 0 Å².